The summed E-state index contributed by atoms with van der Waals surface area (Å²) in [5.74, 6) is 1.31. The maximum Gasteiger partial charge on any atom is 0.228 e. The molecule has 1 unspecified atom stereocenters. The molecular formula is C16H21ClN4O. The summed E-state index contributed by atoms with van der Waals surface area (Å²) in [5.41, 5.74) is 0.924. The van der Waals surface area contributed by atoms with Crippen molar-refractivity contribution in [1.29, 1.82) is 0 Å². The van der Waals surface area contributed by atoms with Gasteiger partial charge in [0.2, 0.25) is 11.7 Å². The Hall–Kier alpha value is -1.43. The van der Waals surface area contributed by atoms with Gasteiger partial charge in [-0.05, 0) is 50.7 Å². The molecular weight excluding hydrogens is 300 g/mol. The van der Waals surface area contributed by atoms with Crippen molar-refractivity contribution >= 4 is 11.6 Å². The van der Waals surface area contributed by atoms with Crippen LogP contribution in [0.1, 0.15) is 18.7 Å². The molecule has 0 saturated carbocycles. The van der Waals surface area contributed by atoms with E-state index in [1.165, 1.54) is 12.8 Å². The second kappa shape index (κ2) is 7.22. The highest BCUT2D eigenvalue weighted by molar-refractivity contribution is 6.30. The van der Waals surface area contributed by atoms with Gasteiger partial charge in [0.05, 0.1) is 0 Å². The third-order valence-electron chi connectivity index (χ3n) is 4.13. The van der Waals surface area contributed by atoms with E-state index in [1.807, 2.05) is 31.3 Å². The van der Waals surface area contributed by atoms with Crippen LogP contribution in [0.2, 0.25) is 5.02 Å². The molecule has 1 aliphatic heterocycles. The number of piperidine rings is 1. The lowest BCUT2D eigenvalue weighted by molar-refractivity contribution is 0.191. The maximum atomic E-state index is 5.89. The van der Waals surface area contributed by atoms with E-state index < -0.39 is 0 Å². The van der Waals surface area contributed by atoms with Gasteiger partial charge in [-0.15, -0.1) is 0 Å². The molecule has 0 aliphatic carbocycles. The first-order chi connectivity index (χ1) is 10.7. The zero-order chi connectivity index (χ0) is 15.4. The molecule has 1 fully saturated rings. The fourth-order valence-corrected chi connectivity index (χ4v) is 2.95. The minimum Gasteiger partial charge on any atom is -0.339 e. The Kier molecular flexibility index (Phi) is 5.08. The number of nitrogens with one attached hydrogen (secondary N) is 1. The van der Waals surface area contributed by atoms with Crippen molar-refractivity contribution in [2.45, 2.75) is 25.3 Å². The predicted molar refractivity (Wildman–Crippen MR) is 87.0 cm³/mol. The van der Waals surface area contributed by atoms with Crippen LogP contribution in [0.15, 0.2) is 28.8 Å². The molecule has 1 aromatic carbocycles. The molecule has 1 N–H and O–H groups in total. The lowest BCUT2D eigenvalue weighted by atomic mass is 10.1. The van der Waals surface area contributed by atoms with Gasteiger partial charge < -0.3 is 14.7 Å². The van der Waals surface area contributed by atoms with Crippen LogP contribution in [0, 0.1) is 0 Å². The first-order valence-corrected chi connectivity index (χ1v) is 8.10. The van der Waals surface area contributed by atoms with Crippen LogP contribution >= 0.6 is 11.6 Å². The van der Waals surface area contributed by atoms with Crippen molar-refractivity contribution in [2.24, 2.45) is 0 Å². The number of rotatable bonds is 5. The Bertz CT molecular complexity index is 598. The van der Waals surface area contributed by atoms with Crippen molar-refractivity contribution in [2.75, 3.05) is 26.7 Å². The average molecular weight is 321 g/mol. The summed E-state index contributed by atoms with van der Waals surface area (Å²) in [6, 6.07) is 8.07. The van der Waals surface area contributed by atoms with Crippen molar-refractivity contribution < 1.29 is 4.52 Å². The zero-order valence-electron chi connectivity index (χ0n) is 12.8. The van der Waals surface area contributed by atoms with Gasteiger partial charge in [0, 0.05) is 36.1 Å². The lowest BCUT2D eigenvalue weighted by Crippen LogP contribution is -2.44. The number of likely N-dealkylation sites (N-methyl/N-ethyl adjacent to an activating group) is 1. The van der Waals surface area contributed by atoms with E-state index >= 15 is 0 Å². The smallest absolute Gasteiger partial charge is 0.228 e. The van der Waals surface area contributed by atoms with Crippen LogP contribution in [0.5, 0.6) is 0 Å². The van der Waals surface area contributed by atoms with Crippen molar-refractivity contribution in [3.63, 3.8) is 0 Å². The number of aromatic nitrogens is 2. The maximum absolute atomic E-state index is 5.89. The molecule has 0 spiro atoms. The van der Waals surface area contributed by atoms with E-state index in [4.69, 9.17) is 16.1 Å². The highest BCUT2D eigenvalue weighted by Crippen LogP contribution is 2.19. The fourth-order valence-electron chi connectivity index (χ4n) is 2.82. The lowest BCUT2D eigenvalue weighted by Gasteiger charge is -2.32. The van der Waals surface area contributed by atoms with Crippen molar-refractivity contribution in [3.05, 3.63) is 35.2 Å². The minimum absolute atomic E-state index is 0.598. The van der Waals surface area contributed by atoms with Gasteiger partial charge in [0.25, 0.3) is 0 Å². The first-order valence-electron chi connectivity index (χ1n) is 7.73. The highest BCUT2D eigenvalue weighted by Gasteiger charge is 2.19. The standard InChI is InChI=1S/C16H21ClN4O/c1-18-14-3-2-9-21(11-14)10-8-15-19-16(20-22-15)12-4-6-13(17)7-5-12/h4-7,14,18H,2-3,8-11H2,1H3. The highest BCUT2D eigenvalue weighted by atomic mass is 35.5. The van der Waals surface area contributed by atoms with E-state index in [1.54, 1.807) is 0 Å². The van der Waals surface area contributed by atoms with Crippen LogP contribution in [0.3, 0.4) is 0 Å². The molecule has 1 aromatic heterocycles. The van der Waals surface area contributed by atoms with Gasteiger partial charge in [-0.2, -0.15) is 4.98 Å². The second-order valence-electron chi connectivity index (χ2n) is 5.70. The molecule has 5 nitrogen and oxygen atoms in total. The number of benzene rings is 1. The summed E-state index contributed by atoms with van der Waals surface area (Å²) in [4.78, 5) is 6.93. The summed E-state index contributed by atoms with van der Waals surface area (Å²) < 4.78 is 5.36. The summed E-state index contributed by atoms with van der Waals surface area (Å²) in [6.07, 6.45) is 3.29. The van der Waals surface area contributed by atoms with Crippen molar-refractivity contribution in [1.82, 2.24) is 20.4 Å². The van der Waals surface area contributed by atoms with Crippen LogP contribution in [0.4, 0.5) is 0 Å². The summed E-state index contributed by atoms with van der Waals surface area (Å²) in [5, 5.41) is 8.11. The number of likely N-dealkylation sites (tertiary alicyclic amines) is 1. The van der Waals surface area contributed by atoms with Crippen LogP contribution in [0.25, 0.3) is 11.4 Å². The average Bonchev–Trinajstić information content (AvgIpc) is 3.03. The van der Waals surface area contributed by atoms with E-state index in [2.05, 4.69) is 20.4 Å². The molecule has 3 rings (SSSR count). The van der Waals surface area contributed by atoms with E-state index in [-0.39, 0.29) is 0 Å². The topological polar surface area (TPSA) is 54.2 Å². The number of nitrogens with zero attached hydrogens (tertiary/aromatic N) is 3. The number of hydrogen-bond donors (Lipinski definition) is 1. The molecule has 2 aromatic rings. The van der Waals surface area contributed by atoms with Gasteiger partial charge in [0.1, 0.15) is 0 Å². The number of hydrogen-bond acceptors (Lipinski definition) is 5. The second-order valence-corrected chi connectivity index (χ2v) is 6.13. The van der Waals surface area contributed by atoms with Gasteiger partial charge in [0.15, 0.2) is 0 Å². The Balaban J connectivity index is 1.56. The molecule has 1 atom stereocenters. The largest absolute Gasteiger partial charge is 0.339 e. The first kappa shape index (κ1) is 15.5. The molecule has 1 aliphatic rings. The SMILES string of the molecule is CNC1CCCN(CCc2nc(-c3ccc(Cl)cc3)no2)C1. The van der Waals surface area contributed by atoms with E-state index in [0.717, 1.165) is 31.6 Å². The van der Waals surface area contributed by atoms with Gasteiger partial charge in [-0.25, -0.2) is 0 Å². The third kappa shape index (κ3) is 3.85. The molecule has 118 valence electrons. The van der Waals surface area contributed by atoms with Crippen LogP contribution in [-0.4, -0.2) is 47.8 Å². The minimum atomic E-state index is 0.598. The normalized spacial score (nSPS) is 19.5. The fraction of sp³-hybridized carbons (Fsp3) is 0.500. The molecule has 2 heterocycles. The molecule has 6 heteroatoms. The Morgan fingerprint density at radius 1 is 1.36 bits per heavy atom. The monoisotopic (exact) mass is 320 g/mol. The van der Waals surface area contributed by atoms with Crippen LogP contribution < -0.4 is 5.32 Å². The predicted octanol–water partition coefficient (Wildman–Crippen LogP) is 2.62. The molecule has 0 amide bonds. The van der Waals surface area contributed by atoms with Gasteiger partial charge >= 0.3 is 0 Å². The summed E-state index contributed by atoms with van der Waals surface area (Å²) in [6.45, 7) is 3.20. The summed E-state index contributed by atoms with van der Waals surface area (Å²) >= 11 is 5.89. The Morgan fingerprint density at radius 3 is 2.95 bits per heavy atom. The van der Waals surface area contributed by atoms with Gasteiger partial charge in [-0.3, -0.25) is 0 Å². The van der Waals surface area contributed by atoms with Crippen molar-refractivity contribution in [3.8, 4) is 11.4 Å². The van der Waals surface area contributed by atoms with E-state index in [9.17, 15) is 0 Å². The quantitative estimate of drug-likeness (QED) is 0.917. The molecule has 22 heavy (non-hydrogen) atoms. The Labute approximate surface area is 135 Å². The number of halogens is 1. The molecule has 0 radical (unpaired) electrons. The van der Waals surface area contributed by atoms with Gasteiger partial charge in [-0.1, -0.05) is 16.8 Å². The Morgan fingerprint density at radius 2 is 2.18 bits per heavy atom. The summed E-state index contributed by atoms with van der Waals surface area (Å²) in [7, 11) is 2.03. The molecule has 0 bridgehead atoms. The van der Waals surface area contributed by atoms with Crippen LogP contribution in [-0.2, 0) is 6.42 Å². The molecule has 1 saturated heterocycles. The zero-order valence-corrected chi connectivity index (χ0v) is 13.5. The third-order valence-corrected chi connectivity index (χ3v) is 4.38. The van der Waals surface area contributed by atoms with E-state index in [0.29, 0.717) is 22.8 Å².